The highest BCUT2D eigenvalue weighted by molar-refractivity contribution is 6.35. The number of anilines is 1. The van der Waals surface area contributed by atoms with Crippen molar-refractivity contribution >= 4 is 46.5 Å². The van der Waals surface area contributed by atoms with E-state index in [1.165, 1.54) is 12.1 Å². The van der Waals surface area contributed by atoms with E-state index in [4.69, 9.17) is 39.5 Å². The minimum absolute atomic E-state index is 0.169. The van der Waals surface area contributed by atoms with Gasteiger partial charge in [0.1, 0.15) is 18.2 Å². The second-order valence-electron chi connectivity index (χ2n) is 4.46. The Bertz CT molecular complexity index is 693. The van der Waals surface area contributed by atoms with Crippen LogP contribution in [0, 0.1) is 5.82 Å². The van der Waals surface area contributed by atoms with Gasteiger partial charge in [-0.1, -0.05) is 34.8 Å². The number of hydrogen-bond donors (Lipinski definition) is 2. The molecular formula is C15H12Cl3FN2O2. The van der Waals surface area contributed by atoms with Crippen LogP contribution >= 0.6 is 34.8 Å². The van der Waals surface area contributed by atoms with Gasteiger partial charge in [-0.25, -0.2) is 9.18 Å². The van der Waals surface area contributed by atoms with E-state index in [-0.39, 0.29) is 18.2 Å². The first-order valence-corrected chi connectivity index (χ1v) is 7.66. The quantitative estimate of drug-likeness (QED) is 0.722. The van der Waals surface area contributed by atoms with Gasteiger partial charge in [0, 0.05) is 15.7 Å². The molecule has 0 saturated carbocycles. The second kappa shape index (κ2) is 8.24. The summed E-state index contributed by atoms with van der Waals surface area (Å²) >= 11 is 17.5. The van der Waals surface area contributed by atoms with Gasteiger partial charge in [0.2, 0.25) is 0 Å². The van der Waals surface area contributed by atoms with Gasteiger partial charge in [-0.15, -0.1) is 0 Å². The normalized spacial score (nSPS) is 10.3. The zero-order valence-corrected chi connectivity index (χ0v) is 14.0. The van der Waals surface area contributed by atoms with Crippen molar-refractivity contribution in [3.8, 4) is 5.75 Å². The van der Waals surface area contributed by atoms with Crippen molar-refractivity contribution in [1.29, 1.82) is 0 Å². The van der Waals surface area contributed by atoms with E-state index in [1.54, 1.807) is 18.2 Å². The van der Waals surface area contributed by atoms with E-state index in [2.05, 4.69) is 10.6 Å². The Morgan fingerprint density at radius 2 is 1.78 bits per heavy atom. The number of carbonyl (C=O) groups excluding carboxylic acids is 1. The largest absolute Gasteiger partial charge is 0.490 e. The average molecular weight is 378 g/mol. The zero-order chi connectivity index (χ0) is 16.8. The topological polar surface area (TPSA) is 50.4 Å². The summed E-state index contributed by atoms with van der Waals surface area (Å²) in [6, 6.07) is 8.09. The van der Waals surface area contributed by atoms with E-state index in [9.17, 15) is 9.18 Å². The Hall–Kier alpha value is -1.69. The average Bonchev–Trinajstić information content (AvgIpc) is 2.44. The second-order valence-corrected chi connectivity index (χ2v) is 5.74. The summed E-state index contributed by atoms with van der Waals surface area (Å²) in [4.78, 5) is 11.7. The van der Waals surface area contributed by atoms with Crippen LogP contribution in [-0.2, 0) is 0 Å². The standard InChI is InChI=1S/C15H12Cl3FN2O2/c16-9-5-10(17)7-12(6-9)21-15(22)20-3-4-23-14-2-1-11(19)8-13(14)18/h1-2,5-8H,3-4H2,(H2,20,21,22). The maximum atomic E-state index is 12.9. The van der Waals surface area contributed by atoms with E-state index in [1.807, 2.05) is 0 Å². The monoisotopic (exact) mass is 376 g/mol. The fourth-order valence-electron chi connectivity index (χ4n) is 1.72. The highest BCUT2D eigenvalue weighted by Crippen LogP contribution is 2.24. The zero-order valence-electron chi connectivity index (χ0n) is 11.7. The molecule has 0 spiro atoms. The molecule has 2 amide bonds. The SMILES string of the molecule is O=C(NCCOc1ccc(F)cc1Cl)Nc1cc(Cl)cc(Cl)c1. The molecule has 0 aliphatic heterocycles. The number of hydrogen-bond acceptors (Lipinski definition) is 2. The highest BCUT2D eigenvalue weighted by atomic mass is 35.5. The van der Waals surface area contributed by atoms with Gasteiger partial charge in [0.25, 0.3) is 0 Å². The number of halogens is 4. The van der Waals surface area contributed by atoms with Crippen molar-refractivity contribution in [2.75, 3.05) is 18.5 Å². The predicted octanol–water partition coefficient (Wildman–Crippen LogP) is 4.99. The molecule has 122 valence electrons. The maximum Gasteiger partial charge on any atom is 0.319 e. The molecule has 0 aromatic heterocycles. The Labute approximate surface area is 147 Å². The third-order valence-electron chi connectivity index (χ3n) is 2.66. The van der Waals surface area contributed by atoms with Crippen molar-refractivity contribution in [2.24, 2.45) is 0 Å². The molecule has 2 aromatic carbocycles. The van der Waals surface area contributed by atoms with Crippen molar-refractivity contribution in [3.63, 3.8) is 0 Å². The summed E-state index contributed by atoms with van der Waals surface area (Å²) < 4.78 is 18.2. The summed E-state index contributed by atoms with van der Waals surface area (Å²) in [6.45, 7) is 0.406. The molecule has 8 heteroatoms. The number of ether oxygens (including phenoxy) is 1. The number of carbonyl (C=O) groups is 1. The molecule has 23 heavy (non-hydrogen) atoms. The summed E-state index contributed by atoms with van der Waals surface area (Å²) in [5.74, 6) is -0.100. The number of nitrogens with one attached hydrogen (secondary N) is 2. The lowest BCUT2D eigenvalue weighted by atomic mass is 10.3. The minimum Gasteiger partial charge on any atom is -0.490 e. The lowest BCUT2D eigenvalue weighted by Gasteiger charge is -2.10. The van der Waals surface area contributed by atoms with Gasteiger partial charge >= 0.3 is 6.03 Å². The van der Waals surface area contributed by atoms with Crippen molar-refractivity contribution in [2.45, 2.75) is 0 Å². The molecule has 2 N–H and O–H groups in total. The number of rotatable bonds is 5. The summed E-state index contributed by atoms with van der Waals surface area (Å²) in [7, 11) is 0. The Balaban J connectivity index is 1.76. The molecule has 0 atom stereocenters. The van der Waals surface area contributed by atoms with Gasteiger partial charge in [0.05, 0.1) is 11.6 Å². The number of amides is 2. The Morgan fingerprint density at radius 1 is 1.09 bits per heavy atom. The Morgan fingerprint density at radius 3 is 2.43 bits per heavy atom. The lowest BCUT2D eigenvalue weighted by Crippen LogP contribution is -2.32. The van der Waals surface area contributed by atoms with Crippen LogP contribution in [0.4, 0.5) is 14.9 Å². The molecular weight excluding hydrogens is 366 g/mol. The molecule has 2 aromatic rings. The minimum atomic E-state index is -0.444. The van der Waals surface area contributed by atoms with Crippen LogP contribution in [0.5, 0.6) is 5.75 Å². The van der Waals surface area contributed by atoms with Gasteiger partial charge in [-0.05, 0) is 36.4 Å². The van der Waals surface area contributed by atoms with E-state index < -0.39 is 11.8 Å². The first-order chi connectivity index (χ1) is 10.9. The summed E-state index contributed by atoms with van der Waals surface area (Å²) in [6.07, 6.45) is 0. The fourth-order valence-corrected chi connectivity index (χ4v) is 2.47. The summed E-state index contributed by atoms with van der Waals surface area (Å²) in [5, 5.41) is 6.19. The molecule has 0 unspecified atom stereocenters. The molecule has 0 bridgehead atoms. The molecule has 0 aliphatic rings. The molecule has 0 saturated heterocycles. The van der Waals surface area contributed by atoms with Gasteiger partial charge in [-0.2, -0.15) is 0 Å². The van der Waals surface area contributed by atoms with Gasteiger partial charge in [0.15, 0.2) is 0 Å². The third-order valence-corrected chi connectivity index (χ3v) is 3.39. The summed E-state index contributed by atoms with van der Waals surface area (Å²) in [5.41, 5.74) is 0.475. The van der Waals surface area contributed by atoms with Gasteiger partial charge in [-0.3, -0.25) is 0 Å². The van der Waals surface area contributed by atoms with Crippen LogP contribution in [0.3, 0.4) is 0 Å². The van der Waals surface area contributed by atoms with E-state index in [0.29, 0.717) is 21.5 Å². The van der Waals surface area contributed by atoms with E-state index in [0.717, 1.165) is 6.07 Å². The molecule has 0 fully saturated rings. The highest BCUT2D eigenvalue weighted by Gasteiger charge is 2.05. The predicted molar refractivity (Wildman–Crippen MR) is 90.4 cm³/mol. The van der Waals surface area contributed by atoms with Crippen molar-refractivity contribution in [1.82, 2.24) is 5.32 Å². The molecule has 0 aliphatic carbocycles. The lowest BCUT2D eigenvalue weighted by molar-refractivity contribution is 0.247. The Kier molecular flexibility index (Phi) is 6.33. The van der Waals surface area contributed by atoms with Crippen LogP contribution in [-0.4, -0.2) is 19.2 Å². The maximum absolute atomic E-state index is 12.9. The third kappa shape index (κ3) is 5.78. The van der Waals surface area contributed by atoms with Crippen LogP contribution in [0.25, 0.3) is 0 Å². The van der Waals surface area contributed by atoms with E-state index >= 15 is 0 Å². The van der Waals surface area contributed by atoms with Crippen molar-refractivity contribution in [3.05, 3.63) is 57.3 Å². The molecule has 0 heterocycles. The smallest absolute Gasteiger partial charge is 0.319 e. The van der Waals surface area contributed by atoms with Crippen LogP contribution < -0.4 is 15.4 Å². The first kappa shape index (κ1) is 17.7. The number of urea groups is 1. The molecule has 4 nitrogen and oxygen atoms in total. The van der Waals surface area contributed by atoms with Crippen LogP contribution in [0.15, 0.2) is 36.4 Å². The first-order valence-electron chi connectivity index (χ1n) is 6.53. The van der Waals surface area contributed by atoms with Crippen LogP contribution in [0.1, 0.15) is 0 Å². The van der Waals surface area contributed by atoms with Gasteiger partial charge < -0.3 is 15.4 Å². The molecule has 0 radical (unpaired) electrons. The fraction of sp³-hybridized carbons (Fsp3) is 0.133. The van der Waals surface area contributed by atoms with Crippen molar-refractivity contribution < 1.29 is 13.9 Å². The van der Waals surface area contributed by atoms with Crippen LogP contribution in [0.2, 0.25) is 15.1 Å². The number of benzene rings is 2. The molecule has 2 rings (SSSR count).